The van der Waals surface area contributed by atoms with Crippen LogP contribution in [-0.4, -0.2) is 28.1 Å². The zero-order valence-corrected chi connectivity index (χ0v) is 14.6. The molecule has 5 nitrogen and oxygen atoms in total. The summed E-state index contributed by atoms with van der Waals surface area (Å²) in [5.41, 5.74) is 2.79. The average Bonchev–Trinajstić information content (AvgIpc) is 3.16. The monoisotopic (exact) mass is 355 g/mol. The maximum absolute atomic E-state index is 12.6. The van der Waals surface area contributed by atoms with Crippen molar-refractivity contribution in [2.75, 3.05) is 7.05 Å². The smallest absolute Gasteiger partial charge is 0.289 e. The van der Waals surface area contributed by atoms with E-state index in [0.29, 0.717) is 29.0 Å². The van der Waals surface area contributed by atoms with Crippen LogP contribution in [0.4, 0.5) is 0 Å². The Labute approximate surface area is 150 Å². The number of hydrogen-bond acceptors (Lipinski definition) is 3. The molecular weight excluding hydrogens is 338 g/mol. The van der Waals surface area contributed by atoms with Crippen molar-refractivity contribution in [3.63, 3.8) is 0 Å². The van der Waals surface area contributed by atoms with E-state index in [1.165, 1.54) is 12.8 Å². The third-order valence-corrected chi connectivity index (χ3v) is 4.69. The first-order valence-electron chi connectivity index (χ1n) is 8.26. The number of aromatic amines is 1. The normalized spacial score (nSPS) is 13.8. The van der Waals surface area contributed by atoms with Crippen molar-refractivity contribution in [2.24, 2.45) is 0 Å². The Kier molecular flexibility index (Phi) is 4.09. The van der Waals surface area contributed by atoms with E-state index in [1.54, 1.807) is 30.1 Å². The van der Waals surface area contributed by atoms with Gasteiger partial charge in [0, 0.05) is 18.5 Å². The number of hydrogen-bond donors (Lipinski definition) is 1. The van der Waals surface area contributed by atoms with Crippen LogP contribution in [0.15, 0.2) is 46.9 Å². The molecule has 0 saturated heterocycles. The SMILES string of the molecule is CN(Cc1cc(C2CC2)n[nH]1)C(=O)c1ccc(-c2ccccc2Cl)o1. The van der Waals surface area contributed by atoms with E-state index in [0.717, 1.165) is 17.0 Å². The number of amides is 1. The van der Waals surface area contributed by atoms with E-state index in [9.17, 15) is 4.79 Å². The number of benzene rings is 1. The topological polar surface area (TPSA) is 62.1 Å². The fourth-order valence-electron chi connectivity index (χ4n) is 2.82. The maximum atomic E-state index is 12.6. The van der Waals surface area contributed by atoms with Crippen molar-refractivity contribution in [3.05, 3.63) is 64.6 Å². The minimum absolute atomic E-state index is 0.180. The first-order chi connectivity index (χ1) is 12.1. The van der Waals surface area contributed by atoms with Gasteiger partial charge in [-0.3, -0.25) is 9.89 Å². The molecule has 1 aromatic carbocycles. The van der Waals surface area contributed by atoms with Crippen molar-refractivity contribution in [2.45, 2.75) is 25.3 Å². The lowest BCUT2D eigenvalue weighted by Crippen LogP contribution is -2.25. The summed E-state index contributed by atoms with van der Waals surface area (Å²) in [7, 11) is 1.75. The second-order valence-corrected chi connectivity index (χ2v) is 6.80. The van der Waals surface area contributed by atoms with Crippen molar-refractivity contribution in [3.8, 4) is 11.3 Å². The van der Waals surface area contributed by atoms with Gasteiger partial charge in [0.15, 0.2) is 5.76 Å². The van der Waals surface area contributed by atoms with E-state index in [4.69, 9.17) is 16.0 Å². The largest absolute Gasteiger partial charge is 0.451 e. The number of carbonyl (C=O) groups is 1. The Morgan fingerprint density at radius 1 is 1.32 bits per heavy atom. The number of rotatable bonds is 5. The Hall–Kier alpha value is -2.53. The van der Waals surface area contributed by atoms with Gasteiger partial charge >= 0.3 is 0 Å². The summed E-state index contributed by atoms with van der Waals surface area (Å²) in [6, 6.07) is 12.9. The van der Waals surface area contributed by atoms with Crippen LogP contribution in [0.2, 0.25) is 5.02 Å². The molecular formula is C19H18ClN3O2. The summed E-state index contributed by atoms with van der Waals surface area (Å²) in [6.45, 7) is 0.459. The average molecular weight is 356 g/mol. The van der Waals surface area contributed by atoms with Gasteiger partial charge in [0.25, 0.3) is 5.91 Å². The third-order valence-electron chi connectivity index (χ3n) is 4.36. The molecule has 128 valence electrons. The van der Waals surface area contributed by atoms with Gasteiger partial charge in [-0.1, -0.05) is 23.7 Å². The molecule has 4 rings (SSSR count). The molecule has 1 aliphatic carbocycles. The maximum Gasteiger partial charge on any atom is 0.289 e. The number of furan rings is 1. The van der Waals surface area contributed by atoms with Crippen LogP contribution in [0.5, 0.6) is 0 Å². The lowest BCUT2D eigenvalue weighted by Gasteiger charge is -2.14. The van der Waals surface area contributed by atoms with Crippen LogP contribution >= 0.6 is 11.6 Å². The van der Waals surface area contributed by atoms with Gasteiger partial charge in [0.05, 0.1) is 23.0 Å². The van der Waals surface area contributed by atoms with Gasteiger partial charge in [0.2, 0.25) is 0 Å². The molecule has 2 heterocycles. The summed E-state index contributed by atoms with van der Waals surface area (Å²) in [5.74, 6) is 1.29. The molecule has 0 spiro atoms. The molecule has 1 aliphatic rings. The minimum Gasteiger partial charge on any atom is -0.451 e. The zero-order valence-electron chi connectivity index (χ0n) is 13.8. The summed E-state index contributed by atoms with van der Waals surface area (Å²) in [4.78, 5) is 14.2. The number of nitrogens with one attached hydrogen (secondary N) is 1. The highest BCUT2D eigenvalue weighted by Crippen LogP contribution is 2.39. The van der Waals surface area contributed by atoms with Gasteiger partial charge in [-0.2, -0.15) is 5.10 Å². The van der Waals surface area contributed by atoms with Crippen LogP contribution in [-0.2, 0) is 6.54 Å². The van der Waals surface area contributed by atoms with Crippen LogP contribution in [0.3, 0.4) is 0 Å². The van der Waals surface area contributed by atoms with E-state index >= 15 is 0 Å². The summed E-state index contributed by atoms with van der Waals surface area (Å²) in [5, 5.41) is 7.92. The molecule has 2 aromatic heterocycles. The van der Waals surface area contributed by atoms with E-state index in [1.807, 2.05) is 24.3 Å². The molecule has 0 atom stereocenters. The van der Waals surface area contributed by atoms with E-state index in [-0.39, 0.29) is 5.91 Å². The molecule has 25 heavy (non-hydrogen) atoms. The van der Waals surface area contributed by atoms with Gasteiger partial charge in [-0.25, -0.2) is 0 Å². The number of aromatic nitrogens is 2. The standard InChI is InChI=1S/C19H18ClN3O2/c1-23(11-13-10-16(22-21-13)12-6-7-12)19(24)18-9-8-17(25-18)14-4-2-3-5-15(14)20/h2-5,8-10,12H,6-7,11H2,1H3,(H,21,22). The molecule has 1 saturated carbocycles. The number of nitrogens with zero attached hydrogens (tertiary/aromatic N) is 2. The van der Waals surface area contributed by atoms with Crippen LogP contribution < -0.4 is 0 Å². The fraction of sp³-hybridized carbons (Fsp3) is 0.263. The van der Waals surface area contributed by atoms with Gasteiger partial charge in [-0.15, -0.1) is 0 Å². The number of carbonyl (C=O) groups excluding carboxylic acids is 1. The number of H-pyrrole nitrogens is 1. The predicted molar refractivity (Wildman–Crippen MR) is 95.5 cm³/mol. The van der Waals surface area contributed by atoms with E-state index < -0.39 is 0 Å². The molecule has 1 amide bonds. The van der Waals surface area contributed by atoms with E-state index in [2.05, 4.69) is 10.2 Å². The third kappa shape index (κ3) is 3.33. The molecule has 1 N–H and O–H groups in total. The molecule has 0 aliphatic heterocycles. The Bertz CT molecular complexity index is 911. The fourth-order valence-corrected chi connectivity index (χ4v) is 3.05. The van der Waals surface area contributed by atoms with Crippen LogP contribution in [0.1, 0.15) is 40.7 Å². The Balaban J connectivity index is 1.47. The minimum atomic E-state index is -0.180. The quantitative estimate of drug-likeness (QED) is 0.734. The van der Waals surface area contributed by atoms with Crippen LogP contribution in [0.25, 0.3) is 11.3 Å². The summed E-state index contributed by atoms with van der Waals surface area (Å²) >= 11 is 6.18. The first kappa shape index (κ1) is 16.0. The van der Waals surface area contributed by atoms with Crippen molar-refractivity contribution < 1.29 is 9.21 Å². The Morgan fingerprint density at radius 3 is 2.88 bits per heavy atom. The predicted octanol–water partition coefficient (Wildman–Crippen LogP) is 4.47. The van der Waals surface area contributed by atoms with Crippen molar-refractivity contribution >= 4 is 17.5 Å². The first-order valence-corrected chi connectivity index (χ1v) is 8.64. The van der Waals surface area contributed by atoms with Crippen LogP contribution in [0, 0.1) is 0 Å². The zero-order chi connectivity index (χ0) is 17.4. The molecule has 3 aromatic rings. The Morgan fingerprint density at radius 2 is 2.12 bits per heavy atom. The lowest BCUT2D eigenvalue weighted by molar-refractivity contribution is 0.0752. The highest BCUT2D eigenvalue weighted by atomic mass is 35.5. The highest BCUT2D eigenvalue weighted by molar-refractivity contribution is 6.33. The van der Waals surface area contributed by atoms with Crippen molar-refractivity contribution in [1.82, 2.24) is 15.1 Å². The molecule has 6 heteroatoms. The van der Waals surface area contributed by atoms with Gasteiger partial charge < -0.3 is 9.32 Å². The van der Waals surface area contributed by atoms with Gasteiger partial charge in [-0.05, 0) is 43.2 Å². The molecule has 0 bridgehead atoms. The number of halogens is 1. The summed E-state index contributed by atoms with van der Waals surface area (Å²) in [6.07, 6.45) is 2.41. The lowest BCUT2D eigenvalue weighted by atomic mass is 10.2. The van der Waals surface area contributed by atoms with Gasteiger partial charge in [0.1, 0.15) is 5.76 Å². The highest BCUT2D eigenvalue weighted by Gasteiger charge is 2.26. The molecule has 1 fully saturated rings. The summed E-state index contributed by atoms with van der Waals surface area (Å²) < 4.78 is 5.72. The molecule has 0 radical (unpaired) electrons. The van der Waals surface area contributed by atoms with Crippen molar-refractivity contribution in [1.29, 1.82) is 0 Å². The molecule has 0 unspecified atom stereocenters. The second kappa shape index (κ2) is 6.41. The second-order valence-electron chi connectivity index (χ2n) is 6.40.